The van der Waals surface area contributed by atoms with Gasteiger partial charge in [0.1, 0.15) is 5.72 Å². The molecule has 2 aliphatic heterocycles. The number of carbonyl (C=O) groups excluding carboxylic acids is 1. The first kappa shape index (κ1) is 16.8. The number of hydrogen-bond acceptors (Lipinski definition) is 3. The lowest BCUT2D eigenvalue weighted by Crippen LogP contribution is -2.59. The van der Waals surface area contributed by atoms with Crippen LogP contribution < -0.4 is 10.6 Å². The molecule has 4 nitrogen and oxygen atoms in total. The molecule has 146 valence electrons. The molecule has 0 aromatic rings. The van der Waals surface area contributed by atoms with E-state index < -0.39 is 0 Å². The minimum absolute atomic E-state index is 0.124. The molecule has 2 N–H and O–H groups in total. The third-order valence-electron chi connectivity index (χ3n) is 9.01. The fraction of sp³-hybridized carbons (Fsp3) is 0.783. The highest BCUT2D eigenvalue weighted by atomic mass is 16.5. The molecule has 0 aromatic heterocycles. The van der Waals surface area contributed by atoms with Crippen molar-refractivity contribution in [3.05, 3.63) is 23.3 Å². The topological polar surface area (TPSA) is 50.4 Å². The zero-order valence-electron chi connectivity index (χ0n) is 16.7. The number of allylic oxidation sites excluding steroid dienone is 3. The van der Waals surface area contributed by atoms with Crippen molar-refractivity contribution in [2.75, 3.05) is 13.1 Å². The third kappa shape index (κ3) is 1.94. The summed E-state index contributed by atoms with van der Waals surface area (Å²) in [5.41, 5.74) is 2.49. The van der Waals surface area contributed by atoms with Gasteiger partial charge in [-0.1, -0.05) is 23.3 Å². The van der Waals surface area contributed by atoms with Crippen molar-refractivity contribution in [3.63, 3.8) is 0 Å². The highest BCUT2D eigenvalue weighted by Gasteiger charge is 2.93. The molecule has 5 saturated carbocycles. The maximum absolute atomic E-state index is 12.7. The molecule has 27 heavy (non-hydrogen) atoms. The van der Waals surface area contributed by atoms with Crippen LogP contribution >= 0.6 is 0 Å². The van der Waals surface area contributed by atoms with E-state index in [0.717, 1.165) is 54.9 Å². The van der Waals surface area contributed by atoms with Crippen molar-refractivity contribution >= 4 is 5.91 Å². The molecule has 0 radical (unpaired) electrons. The summed E-state index contributed by atoms with van der Waals surface area (Å²) < 4.78 is 6.56. The molecular weight excluding hydrogens is 336 g/mol. The van der Waals surface area contributed by atoms with Gasteiger partial charge in [-0.2, -0.15) is 0 Å². The number of rotatable bonds is 8. The third-order valence-corrected chi connectivity index (χ3v) is 9.01. The summed E-state index contributed by atoms with van der Waals surface area (Å²) >= 11 is 0. The molecule has 7 aliphatic rings. The standard InChI is InChI=1S/C23H32N2O2/c1-11(2)5-4-6-12(3)7-8-24-10-15(26)25-23-20-14-9-13-16-17(14)21(23)19(16)22(27-23)18(13)20/h5,7,13-14,16-22,24H,4,6,8-10H2,1-3H3,(H,25,26)/b12-7+/t13-,14+,16+,17+,18+,19-,20-,21+,22+,23-/m1/s1. The fourth-order valence-corrected chi connectivity index (χ4v) is 8.60. The zero-order chi connectivity index (χ0) is 18.5. The SMILES string of the molecule is CC(C)=CCC/C(C)=C/CNCC(=O)N[C@]12O[C@@H]3[C@@H]4[C@H]5[C@H]6C[C@@H]([C@@H]5[C@@H]41)[C@@H]2[C@H]63. The Labute approximate surface area is 162 Å². The Kier molecular flexibility index (Phi) is 3.41. The van der Waals surface area contributed by atoms with Crippen LogP contribution in [0, 0.1) is 47.3 Å². The van der Waals surface area contributed by atoms with Crippen LogP contribution in [0.15, 0.2) is 23.3 Å². The molecule has 10 atom stereocenters. The van der Waals surface area contributed by atoms with E-state index in [2.05, 4.69) is 43.6 Å². The zero-order valence-corrected chi connectivity index (χ0v) is 16.7. The van der Waals surface area contributed by atoms with Gasteiger partial charge in [-0.15, -0.1) is 0 Å². The Bertz CT molecular complexity index is 743. The van der Waals surface area contributed by atoms with E-state index in [9.17, 15) is 4.79 Å². The van der Waals surface area contributed by atoms with E-state index in [0.29, 0.717) is 24.5 Å². The van der Waals surface area contributed by atoms with Crippen LogP contribution in [0.3, 0.4) is 0 Å². The van der Waals surface area contributed by atoms with Crippen LogP contribution in [-0.4, -0.2) is 30.8 Å². The van der Waals surface area contributed by atoms with Crippen molar-refractivity contribution in [1.29, 1.82) is 0 Å². The summed E-state index contributed by atoms with van der Waals surface area (Å²) in [6.07, 6.45) is 8.60. The summed E-state index contributed by atoms with van der Waals surface area (Å²) in [7, 11) is 0. The van der Waals surface area contributed by atoms with Gasteiger partial charge >= 0.3 is 0 Å². The van der Waals surface area contributed by atoms with E-state index in [1.165, 1.54) is 17.6 Å². The van der Waals surface area contributed by atoms with E-state index in [1.807, 2.05) is 0 Å². The quantitative estimate of drug-likeness (QED) is 0.512. The first-order chi connectivity index (χ1) is 13.0. The van der Waals surface area contributed by atoms with Crippen LogP contribution in [0.2, 0.25) is 0 Å². The Morgan fingerprint density at radius 2 is 1.93 bits per heavy atom. The van der Waals surface area contributed by atoms with Gasteiger partial charge in [0.25, 0.3) is 0 Å². The second-order valence-electron chi connectivity index (χ2n) is 10.3. The van der Waals surface area contributed by atoms with Crippen molar-refractivity contribution in [3.8, 4) is 0 Å². The predicted molar refractivity (Wildman–Crippen MR) is 104 cm³/mol. The van der Waals surface area contributed by atoms with Gasteiger partial charge in [-0.05, 0) is 75.5 Å². The molecule has 4 heteroatoms. The maximum Gasteiger partial charge on any atom is 0.236 e. The Morgan fingerprint density at radius 3 is 2.74 bits per heavy atom. The highest BCUT2D eigenvalue weighted by molar-refractivity contribution is 5.79. The van der Waals surface area contributed by atoms with Crippen LogP contribution in [0.4, 0.5) is 0 Å². The lowest BCUT2D eigenvalue weighted by molar-refractivity contribution is -0.132. The normalized spacial score (nSPS) is 51.4. The predicted octanol–water partition coefficient (Wildman–Crippen LogP) is 2.87. The molecule has 2 saturated heterocycles. The Balaban J connectivity index is 1.02. The van der Waals surface area contributed by atoms with E-state index in [-0.39, 0.29) is 11.6 Å². The molecule has 4 bridgehead atoms. The average Bonchev–Trinajstić information content (AvgIpc) is 3.25. The second-order valence-corrected chi connectivity index (χ2v) is 10.3. The number of hydrogen-bond donors (Lipinski definition) is 2. The molecule has 0 spiro atoms. The first-order valence-corrected chi connectivity index (χ1v) is 11.0. The smallest absolute Gasteiger partial charge is 0.236 e. The summed E-state index contributed by atoms with van der Waals surface area (Å²) in [4.78, 5) is 12.7. The lowest BCUT2D eigenvalue weighted by atomic mass is 9.59. The van der Waals surface area contributed by atoms with Crippen LogP contribution in [0.1, 0.15) is 40.0 Å². The molecule has 2 heterocycles. The van der Waals surface area contributed by atoms with Crippen LogP contribution in [-0.2, 0) is 9.53 Å². The summed E-state index contributed by atoms with van der Waals surface area (Å²) in [5.74, 6) is 6.62. The van der Waals surface area contributed by atoms with Crippen LogP contribution in [0.5, 0.6) is 0 Å². The van der Waals surface area contributed by atoms with Crippen molar-refractivity contribution in [2.24, 2.45) is 47.3 Å². The van der Waals surface area contributed by atoms with Gasteiger partial charge in [0, 0.05) is 18.4 Å². The Hall–Kier alpha value is -1.13. The van der Waals surface area contributed by atoms with Gasteiger partial charge in [-0.25, -0.2) is 0 Å². The molecule has 5 aliphatic carbocycles. The van der Waals surface area contributed by atoms with Gasteiger partial charge in [-0.3, -0.25) is 4.79 Å². The van der Waals surface area contributed by atoms with E-state index in [4.69, 9.17) is 4.74 Å². The van der Waals surface area contributed by atoms with Gasteiger partial charge in [0.15, 0.2) is 0 Å². The number of amides is 1. The largest absolute Gasteiger partial charge is 0.351 e. The molecule has 0 aromatic carbocycles. The van der Waals surface area contributed by atoms with Crippen molar-refractivity contribution in [1.82, 2.24) is 10.6 Å². The van der Waals surface area contributed by atoms with Crippen molar-refractivity contribution in [2.45, 2.75) is 51.9 Å². The summed E-state index contributed by atoms with van der Waals surface area (Å²) in [6, 6.07) is 0. The van der Waals surface area contributed by atoms with Crippen LogP contribution in [0.25, 0.3) is 0 Å². The van der Waals surface area contributed by atoms with E-state index >= 15 is 0 Å². The highest BCUT2D eigenvalue weighted by Crippen LogP contribution is 2.89. The van der Waals surface area contributed by atoms with Crippen molar-refractivity contribution < 1.29 is 9.53 Å². The van der Waals surface area contributed by atoms with Gasteiger partial charge in [0.05, 0.1) is 12.6 Å². The number of carbonyl (C=O) groups is 1. The van der Waals surface area contributed by atoms with E-state index in [1.54, 1.807) is 0 Å². The molecule has 7 fully saturated rings. The maximum atomic E-state index is 12.7. The number of nitrogens with one attached hydrogen (secondary N) is 2. The minimum Gasteiger partial charge on any atom is -0.351 e. The minimum atomic E-state index is -0.272. The molecule has 1 amide bonds. The average molecular weight is 369 g/mol. The first-order valence-electron chi connectivity index (χ1n) is 11.0. The monoisotopic (exact) mass is 368 g/mol. The summed E-state index contributed by atoms with van der Waals surface area (Å²) in [6.45, 7) is 7.61. The van der Waals surface area contributed by atoms with Gasteiger partial charge in [0.2, 0.25) is 5.91 Å². The second kappa shape index (κ2) is 5.48. The molecule has 7 rings (SSSR count). The fourth-order valence-electron chi connectivity index (χ4n) is 8.60. The lowest BCUT2D eigenvalue weighted by Gasteiger charge is -2.45. The Morgan fingerprint density at radius 1 is 1.07 bits per heavy atom. The molecule has 0 unspecified atom stereocenters. The number of ether oxygens (including phenoxy) is 1. The molecular formula is C23H32N2O2. The van der Waals surface area contributed by atoms with Gasteiger partial charge < -0.3 is 15.4 Å². The summed E-state index contributed by atoms with van der Waals surface area (Å²) in [5, 5.41) is 6.70.